The highest BCUT2D eigenvalue weighted by Crippen LogP contribution is 2.03. The van der Waals surface area contributed by atoms with E-state index < -0.39 is 0 Å². The Balaban J connectivity index is 0. The first-order valence-corrected chi connectivity index (χ1v) is 4.61. The van der Waals surface area contributed by atoms with E-state index in [0.29, 0.717) is 0 Å². The van der Waals surface area contributed by atoms with Gasteiger partial charge < -0.3 is 0 Å². The van der Waals surface area contributed by atoms with Crippen molar-refractivity contribution in [3.8, 4) is 0 Å². The van der Waals surface area contributed by atoms with Crippen molar-refractivity contribution < 1.29 is 0 Å². The van der Waals surface area contributed by atoms with E-state index in [0.717, 1.165) is 24.1 Å². The van der Waals surface area contributed by atoms with Crippen LogP contribution in [-0.4, -0.2) is 5.71 Å². The van der Waals surface area contributed by atoms with Gasteiger partial charge in [0.1, 0.15) is 0 Å². The van der Waals surface area contributed by atoms with Crippen LogP contribution in [0.25, 0.3) is 0 Å². The maximum absolute atomic E-state index is 4.09. The van der Waals surface area contributed by atoms with Gasteiger partial charge in [0.25, 0.3) is 0 Å². The maximum atomic E-state index is 4.09. The largest absolute Gasteiger partial charge is 0.262 e. The lowest BCUT2D eigenvalue weighted by Crippen LogP contribution is -1.97. The van der Waals surface area contributed by atoms with Gasteiger partial charge in [0.05, 0.1) is 0 Å². The minimum atomic E-state index is 0.943. The molecule has 0 amide bonds. The number of allylic oxidation sites excluding steroid dienone is 1. The Morgan fingerprint density at radius 1 is 1.25 bits per heavy atom. The first-order chi connectivity index (χ1) is 5.76. The van der Waals surface area contributed by atoms with Gasteiger partial charge in [0.15, 0.2) is 0 Å². The molecule has 0 saturated carbocycles. The molecule has 0 unspecified atom stereocenters. The maximum Gasteiger partial charge on any atom is 0.0426 e. The fraction of sp³-hybridized carbons (Fsp3) is 0.545. The highest BCUT2D eigenvalue weighted by molar-refractivity contribution is 5.99. The molecule has 0 rings (SSSR count). The number of hydrogen-bond donors (Lipinski definition) is 0. The van der Waals surface area contributed by atoms with Crippen LogP contribution in [0.1, 0.15) is 40.5 Å². The van der Waals surface area contributed by atoms with Gasteiger partial charge in [-0.1, -0.05) is 40.9 Å². The third-order valence-corrected chi connectivity index (χ3v) is 1.42. The molecule has 0 aliphatic carbocycles. The van der Waals surface area contributed by atoms with Gasteiger partial charge in [-0.05, 0) is 18.4 Å². The molecule has 0 aliphatic heterocycles. The molecule has 0 heterocycles. The molecular formula is C11H21N. The van der Waals surface area contributed by atoms with Crippen LogP contribution >= 0.6 is 0 Å². The molecule has 0 N–H and O–H groups in total. The fourth-order valence-electron chi connectivity index (χ4n) is 0.747. The minimum Gasteiger partial charge on any atom is -0.262 e. The van der Waals surface area contributed by atoms with Crippen molar-refractivity contribution >= 4 is 5.71 Å². The lowest BCUT2D eigenvalue weighted by atomic mass is 10.1. The van der Waals surface area contributed by atoms with Crippen LogP contribution < -0.4 is 0 Å². The highest BCUT2D eigenvalue weighted by atomic mass is 14.7. The van der Waals surface area contributed by atoms with Crippen molar-refractivity contribution in [1.82, 2.24) is 0 Å². The summed E-state index contributed by atoms with van der Waals surface area (Å²) in [7, 11) is 0. The van der Waals surface area contributed by atoms with Gasteiger partial charge >= 0.3 is 0 Å². The van der Waals surface area contributed by atoms with Gasteiger partial charge in [-0.25, -0.2) is 0 Å². The highest BCUT2D eigenvalue weighted by Gasteiger charge is 1.96. The SMILES string of the molecule is C=CN=C(CC)C(=C)CC.CC. The van der Waals surface area contributed by atoms with Crippen LogP contribution in [-0.2, 0) is 0 Å². The standard InChI is InChI=1S/C9H15N.C2H6/c1-5-8(4)9(6-2)10-7-3;1-2/h7H,3-6H2,1-2H3;1-2H3. The number of aliphatic imine (C=N–C) groups is 1. The summed E-state index contributed by atoms with van der Waals surface area (Å²) in [4.78, 5) is 4.09. The van der Waals surface area contributed by atoms with Gasteiger partial charge in [-0.15, -0.1) is 0 Å². The molecule has 0 aromatic rings. The average Bonchev–Trinajstić information content (AvgIpc) is 2.16. The van der Waals surface area contributed by atoms with E-state index in [-0.39, 0.29) is 0 Å². The van der Waals surface area contributed by atoms with Gasteiger partial charge in [-0.3, -0.25) is 4.99 Å². The molecule has 1 heteroatoms. The first kappa shape index (κ1) is 13.7. The Bertz CT molecular complexity index is 154. The molecule has 70 valence electrons. The van der Waals surface area contributed by atoms with E-state index in [1.807, 2.05) is 13.8 Å². The Labute approximate surface area is 76.9 Å². The topological polar surface area (TPSA) is 12.4 Å². The molecule has 0 aliphatic rings. The predicted octanol–water partition coefficient (Wildman–Crippen LogP) is 3.97. The minimum absolute atomic E-state index is 0.943. The molecule has 12 heavy (non-hydrogen) atoms. The Morgan fingerprint density at radius 3 is 2.00 bits per heavy atom. The second-order valence-corrected chi connectivity index (χ2v) is 2.07. The van der Waals surface area contributed by atoms with Crippen molar-refractivity contribution in [1.29, 1.82) is 0 Å². The molecule has 0 saturated heterocycles. The van der Waals surface area contributed by atoms with Crippen molar-refractivity contribution in [3.63, 3.8) is 0 Å². The summed E-state index contributed by atoms with van der Waals surface area (Å²) in [6, 6.07) is 0. The van der Waals surface area contributed by atoms with Crippen molar-refractivity contribution in [2.75, 3.05) is 0 Å². The molecular weight excluding hydrogens is 146 g/mol. The van der Waals surface area contributed by atoms with Crippen LogP contribution in [0.4, 0.5) is 0 Å². The van der Waals surface area contributed by atoms with Crippen LogP contribution in [0.15, 0.2) is 29.9 Å². The normalized spacial score (nSPS) is 9.83. The average molecular weight is 167 g/mol. The molecule has 0 aromatic carbocycles. The second kappa shape index (κ2) is 10.2. The van der Waals surface area contributed by atoms with Crippen molar-refractivity contribution in [2.45, 2.75) is 40.5 Å². The fourth-order valence-corrected chi connectivity index (χ4v) is 0.747. The zero-order valence-electron chi connectivity index (χ0n) is 8.85. The molecule has 0 atom stereocenters. The summed E-state index contributed by atoms with van der Waals surface area (Å²) in [6.45, 7) is 15.6. The van der Waals surface area contributed by atoms with E-state index in [4.69, 9.17) is 0 Å². The summed E-state index contributed by atoms with van der Waals surface area (Å²) in [5.74, 6) is 0. The molecule has 0 aromatic heterocycles. The summed E-state index contributed by atoms with van der Waals surface area (Å²) in [5.41, 5.74) is 2.18. The van der Waals surface area contributed by atoms with Crippen molar-refractivity contribution in [3.05, 3.63) is 24.9 Å². The third kappa shape index (κ3) is 5.90. The number of hydrogen-bond acceptors (Lipinski definition) is 1. The van der Waals surface area contributed by atoms with Gasteiger partial charge in [-0.2, -0.15) is 0 Å². The van der Waals surface area contributed by atoms with E-state index >= 15 is 0 Å². The summed E-state index contributed by atoms with van der Waals surface area (Å²) >= 11 is 0. The third-order valence-electron chi connectivity index (χ3n) is 1.42. The summed E-state index contributed by atoms with van der Waals surface area (Å²) < 4.78 is 0. The molecule has 1 nitrogen and oxygen atoms in total. The molecule has 0 radical (unpaired) electrons. The van der Waals surface area contributed by atoms with Crippen LogP contribution in [0.3, 0.4) is 0 Å². The zero-order chi connectivity index (χ0) is 9.98. The summed E-state index contributed by atoms with van der Waals surface area (Å²) in [6.07, 6.45) is 3.48. The quantitative estimate of drug-likeness (QED) is 0.562. The monoisotopic (exact) mass is 167 g/mol. The molecule has 0 fully saturated rings. The number of rotatable bonds is 4. The van der Waals surface area contributed by atoms with E-state index in [1.165, 1.54) is 0 Å². The zero-order valence-corrected chi connectivity index (χ0v) is 8.85. The smallest absolute Gasteiger partial charge is 0.0426 e. The lowest BCUT2D eigenvalue weighted by Gasteiger charge is -2.01. The van der Waals surface area contributed by atoms with Gasteiger partial charge in [0, 0.05) is 11.9 Å². The number of nitrogens with zero attached hydrogens (tertiary/aromatic N) is 1. The van der Waals surface area contributed by atoms with E-state index in [2.05, 4.69) is 32.0 Å². The van der Waals surface area contributed by atoms with E-state index in [9.17, 15) is 0 Å². The molecule has 0 bridgehead atoms. The van der Waals surface area contributed by atoms with Crippen LogP contribution in [0.5, 0.6) is 0 Å². The predicted molar refractivity (Wildman–Crippen MR) is 58.7 cm³/mol. The Morgan fingerprint density at radius 2 is 1.75 bits per heavy atom. The Hall–Kier alpha value is -0.850. The lowest BCUT2D eigenvalue weighted by molar-refractivity contribution is 1.14. The van der Waals surface area contributed by atoms with Gasteiger partial charge in [0.2, 0.25) is 0 Å². The Kier molecular flexibility index (Phi) is 11.6. The van der Waals surface area contributed by atoms with Crippen LogP contribution in [0.2, 0.25) is 0 Å². The summed E-state index contributed by atoms with van der Waals surface area (Å²) in [5, 5.41) is 0. The first-order valence-electron chi connectivity index (χ1n) is 4.61. The second-order valence-electron chi connectivity index (χ2n) is 2.07. The van der Waals surface area contributed by atoms with Crippen LogP contribution in [0, 0.1) is 0 Å². The molecule has 0 spiro atoms. The van der Waals surface area contributed by atoms with Crippen molar-refractivity contribution in [2.24, 2.45) is 4.99 Å². The van der Waals surface area contributed by atoms with E-state index in [1.54, 1.807) is 6.20 Å².